The van der Waals surface area contributed by atoms with Crippen molar-refractivity contribution in [1.82, 2.24) is 9.97 Å². The Balaban J connectivity index is 2.73. The zero-order chi connectivity index (χ0) is 11.4. The minimum absolute atomic E-state index is 0.115. The molecule has 1 aromatic heterocycles. The highest BCUT2D eigenvalue weighted by atomic mass is 35.5. The van der Waals surface area contributed by atoms with Gasteiger partial charge in [-0.1, -0.05) is 11.6 Å². The maximum Gasteiger partial charge on any atom is 0.171 e. The van der Waals surface area contributed by atoms with Gasteiger partial charge in [0, 0.05) is 13.7 Å². The summed E-state index contributed by atoms with van der Waals surface area (Å²) in [4.78, 5) is 8.49. The van der Waals surface area contributed by atoms with Crippen LogP contribution in [0.1, 0.15) is 18.3 Å². The first-order valence-corrected chi connectivity index (χ1v) is 5.19. The van der Waals surface area contributed by atoms with Crippen LogP contribution in [0, 0.1) is 13.8 Å². The molecule has 1 atom stereocenters. The van der Waals surface area contributed by atoms with Crippen molar-refractivity contribution in [2.75, 3.05) is 19.0 Å². The smallest absolute Gasteiger partial charge is 0.171 e. The maximum absolute atomic E-state index is 5.95. The van der Waals surface area contributed by atoms with Crippen molar-refractivity contribution >= 4 is 17.4 Å². The van der Waals surface area contributed by atoms with E-state index in [1.54, 1.807) is 7.11 Å². The van der Waals surface area contributed by atoms with Gasteiger partial charge < -0.3 is 10.1 Å². The van der Waals surface area contributed by atoms with Crippen LogP contribution in [-0.4, -0.2) is 29.7 Å². The number of hydrogen-bond acceptors (Lipinski definition) is 4. The Morgan fingerprint density at radius 1 is 1.33 bits per heavy atom. The Morgan fingerprint density at radius 2 is 1.93 bits per heavy atom. The lowest BCUT2D eigenvalue weighted by atomic mass is 10.3. The van der Waals surface area contributed by atoms with Gasteiger partial charge in [-0.15, -0.1) is 0 Å². The van der Waals surface area contributed by atoms with E-state index in [-0.39, 0.29) is 6.10 Å². The van der Waals surface area contributed by atoms with E-state index in [2.05, 4.69) is 15.3 Å². The molecule has 0 aliphatic rings. The number of ether oxygens (including phenoxy) is 1. The molecule has 0 radical (unpaired) electrons. The lowest BCUT2D eigenvalue weighted by molar-refractivity contribution is 0.128. The third-order valence-corrected chi connectivity index (χ3v) is 2.49. The van der Waals surface area contributed by atoms with Gasteiger partial charge in [0.2, 0.25) is 0 Å². The summed E-state index contributed by atoms with van der Waals surface area (Å²) in [5.74, 6) is 0.615. The highest BCUT2D eigenvalue weighted by Crippen LogP contribution is 2.18. The van der Waals surface area contributed by atoms with Crippen LogP contribution in [0.4, 0.5) is 5.82 Å². The van der Waals surface area contributed by atoms with Crippen LogP contribution in [-0.2, 0) is 4.74 Å². The summed E-state index contributed by atoms with van der Waals surface area (Å²) in [5.41, 5.74) is 1.73. The third-order valence-electron chi connectivity index (χ3n) is 2.22. The van der Waals surface area contributed by atoms with E-state index in [1.807, 2.05) is 20.8 Å². The van der Waals surface area contributed by atoms with Gasteiger partial charge in [-0.25, -0.2) is 9.97 Å². The highest BCUT2D eigenvalue weighted by molar-refractivity contribution is 6.31. The Bertz CT molecular complexity index is 344. The molecule has 0 spiro atoms. The van der Waals surface area contributed by atoms with E-state index in [4.69, 9.17) is 16.3 Å². The average Bonchev–Trinajstić information content (AvgIpc) is 2.21. The van der Waals surface area contributed by atoms with Crippen molar-refractivity contribution in [3.63, 3.8) is 0 Å². The molecule has 84 valence electrons. The number of nitrogens with one attached hydrogen (secondary N) is 1. The van der Waals surface area contributed by atoms with Crippen LogP contribution in [0.2, 0.25) is 5.15 Å². The Labute approximate surface area is 95.0 Å². The van der Waals surface area contributed by atoms with Gasteiger partial charge in [0.15, 0.2) is 11.0 Å². The SMILES string of the molecule is COC(C)CNc1nc(C)c(C)nc1Cl. The van der Waals surface area contributed by atoms with Crippen molar-refractivity contribution in [2.24, 2.45) is 0 Å². The second-order valence-corrected chi connectivity index (χ2v) is 3.82. The molecule has 0 bridgehead atoms. The van der Waals surface area contributed by atoms with Crippen LogP contribution in [0.5, 0.6) is 0 Å². The first-order chi connectivity index (χ1) is 7.04. The fourth-order valence-corrected chi connectivity index (χ4v) is 1.25. The molecule has 1 aromatic rings. The van der Waals surface area contributed by atoms with E-state index in [9.17, 15) is 0 Å². The summed E-state index contributed by atoms with van der Waals surface area (Å²) >= 11 is 5.95. The topological polar surface area (TPSA) is 47.0 Å². The summed E-state index contributed by atoms with van der Waals surface area (Å²) < 4.78 is 5.11. The second kappa shape index (κ2) is 5.28. The molecule has 0 fully saturated rings. The van der Waals surface area contributed by atoms with Crippen molar-refractivity contribution in [3.05, 3.63) is 16.5 Å². The predicted octanol–water partition coefficient (Wildman–Crippen LogP) is 2.19. The fraction of sp³-hybridized carbons (Fsp3) is 0.600. The molecular weight excluding hydrogens is 214 g/mol. The Morgan fingerprint density at radius 3 is 2.53 bits per heavy atom. The number of hydrogen-bond donors (Lipinski definition) is 1. The van der Waals surface area contributed by atoms with Crippen molar-refractivity contribution in [1.29, 1.82) is 0 Å². The minimum Gasteiger partial charge on any atom is -0.380 e. The standard InChI is InChI=1S/C10H16ClN3O/c1-6(15-4)5-12-10-9(11)13-7(2)8(3)14-10/h6H,5H2,1-4H3,(H,12,14). The molecule has 4 nitrogen and oxygen atoms in total. The first-order valence-electron chi connectivity index (χ1n) is 4.82. The summed E-state index contributed by atoms with van der Waals surface area (Å²) in [5, 5.41) is 3.51. The van der Waals surface area contributed by atoms with Gasteiger partial charge in [-0.05, 0) is 20.8 Å². The molecule has 1 unspecified atom stereocenters. The zero-order valence-corrected chi connectivity index (χ0v) is 10.2. The van der Waals surface area contributed by atoms with E-state index >= 15 is 0 Å². The summed E-state index contributed by atoms with van der Waals surface area (Å²) in [7, 11) is 1.67. The molecule has 5 heteroatoms. The van der Waals surface area contributed by atoms with Gasteiger partial charge >= 0.3 is 0 Å². The molecule has 0 amide bonds. The van der Waals surface area contributed by atoms with E-state index in [0.29, 0.717) is 17.5 Å². The number of aromatic nitrogens is 2. The van der Waals surface area contributed by atoms with Crippen LogP contribution < -0.4 is 5.32 Å². The Hall–Kier alpha value is -0.870. The van der Waals surface area contributed by atoms with Crippen molar-refractivity contribution in [3.8, 4) is 0 Å². The molecule has 1 heterocycles. The lowest BCUT2D eigenvalue weighted by Gasteiger charge is -2.12. The molecule has 0 aromatic carbocycles. The number of anilines is 1. The second-order valence-electron chi connectivity index (χ2n) is 3.46. The number of aryl methyl sites for hydroxylation is 2. The van der Waals surface area contributed by atoms with Gasteiger partial charge in [-0.3, -0.25) is 0 Å². The summed E-state index contributed by atoms with van der Waals surface area (Å²) in [6.07, 6.45) is 0.115. The monoisotopic (exact) mass is 229 g/mol. The Kier molecular flexibility index (Phi) is 4.29. The van der Waals surface area contributed by atoms with Gasteiger partial charge in [0.1, 0.15) is 0 Å². The third kappa shape index (κ3) is 3.32. The number of methoxy groups -OCH3 is 1. The number of halogens is 1. The predicted molar refractivity (Wildman–Crippen MR) is 61.5 cm³/mol. The quantitative estimate of drug-likeness (QED) is 0.860. The fourth-order valence-electron chi connectivity index (χ4n) is 1.01. The largest absolute Gasteiger partial charge is 0.380 e. The summed E-state index contributed by atoms with van der Waals surface area (Å²) in [6, 6.07) is 0. The normalized spacial score (nSPS) is 12.6. The van der Waals surface area contributed by atoms with Gasteiger partial charge in [-0.2, -0.15) is 0 Å². The number of rotatable bonds is 4. The summed E-state index contributed by atoms with van der Waals surface area (Å²) in [6.45, 7) is 6.42. The molecule has 0 saturated carbocycles. The van der Waals surface area contributed by atoms with Crippen LogP contribution >= 0.6 is 11.6 Å². The van der Waals surface area contributed by atoms with Crippen molar-refractivity contribution in [2.45, 2.75) is 26.9 Å². The molecule has 1 N–H and O–H groups in total. The van der Waals surface area contributed by atoms with Gasteiger partial charge in [0.25, 0.3) is 0 Å². The molecular formula is C10H16ClN3O. The molecule has 0 saturated heterocycles. The van der Waals surface area contributed by atoms with E-state index in [0.717, 1.165) is 11.4 Å². The van der Waals surface area contributed by atoms with Crippen LogP contribution in [0.25, 0.3) is 0 Å². The molecule has 15 heavy (non-hydrogen) atoms. The average molecular weight is 230 g/mol. The molecule has 0 aliphatic heterocycles. The first kappa shape index (κ1) is 12.2. The zero-order valence-electron chi connectivity index (χ0n) is 9.47. The van der Waals surface area contributed by atoms with Crippen LogP contribution in [0.15, 0.2) is 0 Å². The van der Waals surface area contributed by atoms with Crippen LogP contribution in [0.3, 0.4) is 0 Å². The lowest BCUT2D eigenvalue weighted by Crippen LogP contribution is -2.19. The van der Waals surface area contributed by atoms with Gasteiger partial charge in [0.05, 0.1) is 17.5 Å². The van der Waals surface area contributed by atoms with E-state index in [1.165, 1.54) is 0 Å². The highest BCUT2D eigenvalue weighted by Gasteiger charge is 2.07. The minimum atomic E-state index is 0.115. The van der Waals surface area contributed by atoms with E-state index < -0.39 is 0 Å². The maximum atomic E-state index is 5.95. The van der Waals surface area contributed by atoms with Crippen molar-refractivity contribution < 1.29 is 4.74 Å². The number of nitrogens with zero attached hydrogens (tertiary/aromatic N) is 2. The molecule has 0 aliphatic carbocycles. The molecule has 1 rings (SSSR count).